The minimum atomic E-state index is -0.361. The van der Waals surface area contributed by atoms with Gasteiger partial charge in [-0.05, 0) is 33.8 Å². The highest BCUT2D eigenvalue weighted by Gasteiger charge is 2.11. The van der Waals surface area contributed by atoms with Crippen LogP contribution in [0, 0.1) is 11.2 Å². The molecule has 0 spiro atoms. The molecule has 0 unspecified atom stereocenters. The number of benzene rings is 1. The second-order valence-corrected chi connectivity index (χ2v) is 5.82. The zero-order valence-corrected chi connectivity index (χ0v) is 11.4. The van der Waals surface area contributed by atoms with E-state index in [9.17, 15) is 4.39 Å². The lowest BCUT2D eigenvalue weighted by Gasteiger charge is -2.18. The van der Waals surface area contributed by atoms with Gasteiger partial charge in [0.1, 0.15) is 11.6 Å². The Morgan fingerprint density at radius 2 is 2.00 bits per heavy atom. The standard InChI is InChI=1S/C12H17BrFNO/c1-12(2,3)4-5-16-11-7-9(14)8(13)6-10(11)15/h6-7H,4-5,15H2,1-3H3. The molecule has 16 heavy (non-hydrogen) atoms. The minimum absolute atomic E-state index is 0.197. The summed E-state index contributed by atoms with van der Waals surface area (Å²) in [5, 5.41) is 0. The van der Waals surface area contributed by atoms with Crippen molar-refractivity contribution in [3.63, 3.8) is 0 Å². The van der Waals surface area contributed by atoms with Crippen molar-refractivity contribution >= 4 is 21.6 Å². The summed E-state index contributed by atoms with van der Waals surface area (Å²) in [6.07, 6.45) is 0.893. The van der Waals surface area contributed by atoms with E-state index in [-0.39, 0.29) is 11.2 Å². The molecule has 0 saturated heterocycles. The van der Waals surface area contributed by atoms with Gasteiger partial charge in [0.25, 0.3) is 0 Å². The number of hydrogen-bond donors (Lipinski definition) is 1. The molecule has 0 aliphatic carbocycles. The topological polar surface area (TPSA) is 35.2 Å². The quantitative estimate of drug-likeness (QED) is 0.854. The lowest BCUT2D eigenvalue weighted by Crippen LogP contribution is -2.11. The lowest BCUT2D eigenvalue weighted by atomic mass is 9.93. The first-order valence-corrected chi connectivity index (χ1v) is 5.96. The molecule has 0 atom stereocenters. The highest BCUT2D eigenvalue weighted by Crippen LogP contribution is 2.29. The third kappa shape index (κ3) is 4.00. The molecule has 1 aromatic carbocycles. The first-order valence-electron chi connectivity index (χ1n) is 5.17. The fraction of sp³-hybridized carbons (Fsp3) is 0.500. The molecule has 1 rings (SSSR count). The molecule has 0 aliphatic heterocycles. The second-order valence-electron chi connectivity index (χ2n) is 4.96. The van der Waals surface area contributed by atoms with Gasteiger partial charge < -0.3 is 10.5 Å². The van der Waals surface area contributed by atoms with E-state index in [1.54, 1.807) is 0 Å². The van der Waals surface area contributed by atoms with Gasteiger partial charge in [-0.15, -0.1) is 0 Å². The fourth-order valence-corrected chi connectivity index (χ4v) is 1.50. The van der Waals surface area contributed by atoms with Gasteiger partial charge in [0, 0.05) is 6.07 Å². The van der Waals surface area contributed by atoms with Crippen molar-refractivity contribution in [2.45, 2.75) is 27.2 Å². The van der Waals surface area contributed by atoms with Crippen LogP contribution in [0.3, 0.4) is 0 Å². The van der Waals surface area contributed by atoms with Crippen molar-refractivity contribution in [2.24, 2.45) is 5.41 Å². The van der Waals surface area contributed by atoms with Crippen LogP contribution in [0.25, 0.3) is 0 Å². The van der Waals surface area contributed by atoms with Crippen LogP contribution in [-0.4, -0.2) is 6.61 Å². The van der Waals surface area contributed by atoms with Crippen LogP contribution >= 0.6 is 15.9 Å². The Bertz CT molecular complexity index is 374. The van der Waals surface area contributed by atoms with E-state index >= 15 is 0 Å². The van der Waals surface area contributed by atoms with Crippen LogP contribution in [0.15, 0.2) is 16.6 Å². The fourth-order valence-electron chi connectivity index (χ4n) is 1.14. The first-order chi connectivity index (χ1) is 7.29. The molecule has 0 saturated carbocycles. The van der Waals surface area contributed by atoms with Gasteiger partial charge in [-0.1, -0.05) is 20.8 Å². The summed E-state index contributed by atoms with van der Waals surface area (Å²) in [5.41, 5.74) is 6.36. The maximum absolute atomic E-state index is 13.2. The Morgan fingerprint density at radius 1 is 1.38 bits per heavy atom. The molecule has 0 aromatic heterocycles. The van der Waals surface area contributed by atoms with Crippen molar-refractivity contribution in [2.75, 3.05) is 12.3 Å². The number of hydrogen-bond acceptors (Lipinski definition) is 2. The highest BCUT2D eigenvalue weighted by atomic mass is 79.9. The normalized spacial score (nSPS) is 11.6. The van der Waals surface area contributed by atoms with E-state index in [0.29, 0.717) is 22.5 Å². The van der Waals surface area contributed by atoms with Gasteiger partial charge in [-0.25, -0.2) is 4.39 Å². The summed E-state index contributed by atoms with van der Waals surface area (Å²) in [6.45, 7) is 6.92. The van der Waals surface area contributed by atoms with Crippen molar-refractivity contribution < 1.29 is 9.13 Å². The zero-order valence-electron chi connectivity index (χ0n) is 9.81. The van der Waals surface area contributed by atoms with Gasteiger partial charge in [0.15, 0.2) is 0 Å². The van der Waals surface area contributed by atoms with Crippen LogP contribution in [-0.2, 0) is 0 Å². The van der Waals surface area contributed by atoms with Gasteiger partial charge in [-0.2, -0.15) is 0 Å². The Labute approximate surface area is 104 Å². The van der Waals surface area contributed by atoms with E-state index in [1.807, 2.05) is 0 Å². The van der Waals surface area contributed by atoms with Crippen LogP contribution in [0.5, 0.6) is 5.75 Å². The molecule has 0 amide bonds. The van der Waals surface area contributed by atoms with E-state index in [2.05, 4.69) is 36.7 Å². The maximum atomic E-state index is 13.2. The van der Waals surface area contributed by atoms with Gasteiger partial charge in [0.05, 0.1) is 16.8 Å². The van der Waals surface area contributed by atoms with Gasteiger partial charge >= 0.3 is 0 Å². The van der Waals surface area contributed by atoms with Gasteiger partial charge in [0.2, 0.25) is 0 Å². The summed E-state index contributed by atoms with van der Waals surface area (Å²) >= 11 is 3.07. The molecular weight excluding hydrogens is 273 g/mol. The number of nitrogens with two attached hydrogens (primary N) is 1. The largest absolute Gasteiger partial charge is 0.491 e. The van der Waals surface area contributed by atoms with E-state index in [4.69, 9.17) is 10.5 Å². The van der Waals surface area contributed by atoms with Crippen molar-refractivity contribution in [1.82, 2.24) is 0 Å². The number of halogens is 2. The van der Waals surface area contributed by atoms with Gasteiger partial charge in [-0.3, -0.25) is 0 Å². The Morgan fingerprint density at radius 3 is 2.56 bits per heavy atom. The monoisotopic (exact) mass is 289 g/mol. The van der Waals surface area contributed by atoms with Crippen LogP contribution in [0.2, 0.25) is 0 Å². The van der Waals surface area contributed by atoms with Crippen molar-refractivity contribution in [3.8, 4) is 5.75 Å². The molecule has 0 radical (unpaired) electrons. The van der Waals surface area contributed by atoms with E-state index < -0.39 is 0 Å². The van der Waals surface area contributed by atoms with Crippen molar-refractivity contribution in [3.05, 3.63) is 22.4 Å². The Balaban J connectivity index is 2.64. The Hall–Kier alpha value is -0.770. The first kappa shape index (κ1) is 13.3. The summed E-state index contributed by atoms with van der Waals surface area (Å²) in [7, 11) is 0. The van der Waals surface area contributed by atoms with E-state index in [0.717, 1.165) is 6.42 Å². The summed E-state index contributed by atoms with van der Waals surface area (Å²) < 4.78 is 19.1. The smallest absolute Gasteiger partial charge is 0.145 e. The van der Waals surface area contributed by atoms with E-state index in [1.165, 1.54) is 12.1 Å². The van der Waals surface area contributed by atoms with Crippen LogP contribution in [0.4, 0.5) is 10.1 Å². The molecule has 4 heteroatoms. The lowest BCUT2D eigenvalue weighted by molar-refractivity contribution is 0.243. The number of ether oxygens (including phenoxy) is 1. The molecule has 2 N–H and O–H groups in total. The highest BCUT2D eigenvalue weighted by molar-refractivity contribution is 9.10. The minimum Gasteiger partial charge on any atom is -0.491 e. The third-order valence-electron chi connectivity index (χ3n) is 2.16. The average molecular weight is 290 g/mol. The predicted molar refractivity (Wildman–Crippen MR) is 68.1 cm³/mol. The predicted octanol–water partition coefficient (Wildman–Crippen LogP) is 3.99. The molecule has 90 valence electrons. The number of rotatable bonds is 3. The summed E-state index contributed by atoms with van der Waals surface area (Å²) in [5.74, 6) is 0.0462. The number of anilines is 1. The molecule has 0 bridgehead atoms. The molecule has 0 heterocycles. The Kier molecular flexibility index (Phi) is 4.19. The SMILES string of the molecule is CC(C)(C)CCOc1cc(F)c(Br)cc1N. The molecule has 2 nitrogen and oxygen atoms in total. The second kappa shape index (κ2) is 5.04. The molecule has 1 aromatic rings. The number of nitrogen functional groups attached to an aromatic ring is 1. The zero-order chi connectivity index (χ0) is 12.3. The summed E-state index contributed by atoms with van der Waals surface area (Å²) in [6, 6.07) is 2.82. The van der Waals surface area contributed by atoms with Crippen LogP contribution in [0.1, 0.15) is 27.2 Å². The molecule has 0 aliphatic rings. The van der Waals surface area contributed by atoms with Crippen LogP contribution < -0.4 is 10.5 Å². The molecule has 0 fully saturated rings. The molecular formula is C12H17BrFNO. The third-order valence-corrected chi connectivity index (χ3v) is 2.77. The average Bonchev–Trinajstić information content (AvgIpc) is 2.11. The summed E-state index contributed by atoms with van der Waals surface area (Å²) in [4.78, 5) is 0. The van der Waals surface area contributed by atoms with Crippen molar-refractivity contribution in [1.29, 1.82) is 0 Å². The maximum Gasteiger partial charge on any atom is 0.145 e.